The van der Waals surface area contributed by atoms with Gasteiger partial charge in [0.15, 0.2) is 5.78 Å². The fourth-order valence-electron chi connectivity index (χ4n) is 3.66. The van der Waals surface area contributed by atoms with Crippen molar-refractivity contribution in [2.45, 2.75) is 41.5 Å². The Morgan fingerprint density at radius 1 is 0.939 bits per heavy atom. The van der Waals surface area contributed by atoms with Gasteiger partial charge >= 0.3 is 0 Å². The first-order valence-electron chi connectivity index (χ1n) is 10.5. The molecular weight excluding hydrogens is 607 g/mol. The van der Waals surface area contributed by atoms with Gasteiger partial charge in [0.05, 0.1) is 16.0 Å². The molecule has 1 N–H and O–H groups in total. The minimum atomic E-state index is -0.125. The van der Waals surface area contributed by atoms with Crippen molar-refractivity contribution < 1.29 is 30.0 Å². The molecule has 0 amide bonds. The Morgan fingerprint density at radius 3 is 2.12 bits per heavy atom. The maximum atomic E-state index is 10.0. The molecule has 0 atom stereocenters. The van der Waals surface area contributed by atoms with Crippen LogP contribution in [-0.2, 0) is 24.9 Å². The van der Waals surface area contributed by atoms with Crippen LogP contribution in [0.4, 0.5) is 0 Å². The van der Waals surface area contributed by atoms with E-state index in [0.29, 0.717) is 0 Å². The fraction of sp³-hybridized carbons (Fsp3) is 0.214. The molecule has 0 aliphatic rings. The summed E-state index contributed by atoms with van der Waals surface area (Å²) in [5.41, 5.74) is 9.39. The largest absolute Gasteiger partial charge is 0.512 e. The zero-order valence-corrected chi connectivity index (χ0v) is 23.0. The molecule has 2 aromatic heterocycles. The number of carbonyl (C=O) groups excluding carboxylic acids is 1. The number of aromatic nitrogens is 1. The molecule has 0 saturated heterocycles. The molecule has 2 aromatic carbocycles. The molecule has 0 saturated carbocycles. The topological polar surface area (TPSA) is 50.2 Å². The van der Waals surface area contributed by atoms with Crippen molar-refractivity contribution in [3.8, 4) is 21.7 Å². The van der Waals surface area contributed by atoms with Crippen molar-refractivity contribution in [2.75, 3.05) is 0 Å². The summed E-state index contributed by atoms with van der Waals surface area (Å²) in [5.74, 6) is -0.0625. The van der Waals surface area contributed by atoms with Crippen LogP contribution in [0.5, 0.6) is 0 Å². The first-order chi connectivity index (χ1) is 15.1. The number of aryl methyl sites for hydroxylation is 4. The average Bonchev–Trinajstić information content (AvgIpc) is 3.09. The maximum absolute atomic E-state index is 10.0. The van der Waals surface area contributed by atoms with Gasteiger partial charge in [-0.2, -0.15) is 0 Å². The van der Waals surface area contributed by atoms with E-state index in [1.54, 1.807) is 11.3 Å². The fourth-order valence-corrected chi connectivity index (χ4v) is 4.65. The Kier molecular flexibility index (Phi) is 9.30. The normalized spacial score (nSPS) is 10.9. The van der Waals surface area contributed by atoms with Crippen molar-refractivity contribution in [1.82, 2.24) is 4.98 Å². The summed E-state index contributed by atoms with van der Waals surface area (Å²) in [6, 6.07) is 20.9. The van der Waals surface area contributed by atoms with Gasteiger partial charge in [0.2, 0.25) is 0 Å². The van der Waals surface area contributed by atoms with E-state index in [1.807, 2.05) is 0 Å². The molecule has 0 unspecified atom stereocenters. The van der Waals surface area contributed by atoms with Crippen LogP contribution in [0.25, 0.3) is 31.9 Å². The van der Waals surface area contributed by atoms with Crippen molar-refractivity contribution in [2.24, 2.45) is 0 Å². The Labute approximate surface area is 213 Å². The Morgan fingerprint density at radius 2 is 1.58 bits per heavy atom. The van der Waals surface area contributed by atoms with Gasteiger partial charge in [-0.25, -0.2) is 0 Å². The number of fused-ring (bicyclic) bond motifs is 1. The quantitative estimate of drug-likeness (QED) is 0.143. The van der Waals surface area contributed by atoms with Crippen LogP contribution in [0.15, 0.2) is 60.4 Å². The first kappa shape index (κ1) is 26.7. The average molecular weight is 635 g/mol. The monoisotopic (exact) mass is 635 g/mol. The number of thiophene rings is 1. The van der Waals surface area contributed by atoms with E-state index in [-0.39, 0.29) is 31.6 Å². The Hall–Kier alpha value is -2.59. The van der Waals surface area contributed by atoms with E-state index >= 15 is 0 Å². The Balaban J connectivity index is 0.000000423. The molecule has 33 heavy (non-hydrogen) atoms. The van der Waals surface area contributed by atoms with E-state index in [1.165, 1.54) is 51.8 Å². The van der Waals surface area contributed by atoms with Gasteiger partial charge < -0.3 is 5.11 Å². The summed E-state index contributed by atoms with van der Waals surface area (Å²) >= 11 is 1.81. The van der Waals surface area contributed by atoms with Crippen LogP contribution in [-0.4, -0.2) is 15.9 Å². The summed E-state index contributed by atoms with van der Waals surface area (Å²) in [6.45, 7) is 11.3. The molecule has 4 aromatic rings. The second kappa shape index (κ2) is 11.5. The van der Waals surface area contributed by atoms with Crippen LogP contribution >= 0.6 is 11.3 Å². The van der Waals surface area contributed by atoms with Crippen LogP contribution in [0, 0.1) is 33.8 Å². The number of nitrogens with zero attached hydrogens (tertiary/aromatic N) is 1. The number of benzene rings is 2. The third kappa shape index (κ3) is 7.46. The third-order valence-electron chi connectivity index (χ3n) is 4.72. The summed E-state index contributed by atoms with van der Waals surface area (Å²) in [7, 11) is 0. The second-order valence-corrected chi connectivity index (χ2v) is 9.30. The van der Waals surface area contributed by atoms with Gasteiger partial charge in [-0.1, -0.05) is 49.2 Å². The second-order valence-electron chi connectivity index (χ2n) is 8.22. The van der Waals surface area contributed by atoms with Crippen LogP contribution in [0.1, 0.15) is 36.1 Å². The van der Waals surface area contributed by atoms with E-state index < -0.39 is 0 Å². The zero-order valence-electron chi connectivity index (χ0n) is 19.7. The van der Waals surface area contributed by atoms with Gasteiger partial charge in [-0.15, -0.1) is 46.2 Å². The van der Waals surface area contributed by atoms with Crippen LogP contribution in [0.2, 0.25) is 0 Å². The van der Waals surface area contributed by atoms with E-state index in [9.17, 15) is 4.79 Å². The number of aliphatic hydroxyl groups is 1. The molecule has 4 rings (SSSR count). The Bertz CT molecular complexity index is 1230. The van der Waals surface area contributed by atoms with Crippen molar-refractivity contribution >= 4 is 27.3 Å². The minimum Gasteiger partial charge on any atom is -0.512 e. The van der Waals surface area contributed by atoms with Gasteiger partial charge in [0.25, 0.3) is 0 Å². The summed E-state index contributed by atoms with van der Waals surface area (Å²) in [4.78, 5) is 16.2. The van der Waals surface area contributed by atoms with Gasteiger partial charge in [0, 0.05) is 31.1 Å². The molecule has 5 heteroatoms. The van der Waals surface area contributed by atoms with E-state index in [4.69, 9.17) is 10.1 Å². The van der Waals surface area contributed by atoms with Crippen molar-refractivity contribution in [3.05, 3.63) is 88.7 Å². The number of hydrogen-bond acceptors (Lipinski definition) is 4. The standard InChI is InChI=1S/C23H20NS.C5H8O2.Ir/c1-14-7-15(2)10-18(9-14)20-5-6-22-21(24-20)13-23(25-22)19-11-16(3)8-17(4)12-19;1-4(6)3-5(2)7;/h5-9,11-13H,1-4H3;3,6H,1-2H3;/q-1;;/b;4-3-;. The zero-order chi connectivity index (χ0) is 23.4. The smallest absolute Gasteiger partial charge is 0.155 e. The number of allylic oxidation sites excluding steroid dienone is 2. The number of carbonyl (C=O) groups is 1. The predicted molar refractivity (Wildman–Crippen MR) is 135 cm³/mol. The number of pyridine rings is 1. The van der Waals surface area contributed by atoms with Crippen molar-refractivity contribution in [3.63, 3.8) is 0 Å². The molecule has 0 spiro atoms. The molecule has 1 radical (unpaired) electrons. The SMILES string of the molecule is CC(=O)/C=C(/C)O.Cc1[c-]c(-c2ccc3sc(-c4cc(C)cc(C)c4)cc3n2)cc(C)c1.[Ir]. The van der Waals surface area contributed by atoms with Crippen molar-refractivity contribution in [1.29, 1.82) is 0 Å². The molecular formula is C28H28IrNO2S-. The molecule has 0 fully saturated rings. The number of aliphatic hydroxyl groups excluding tert-OH is 1. The summed E-state index contributed by atoms with van der Waals surface area (Å²) in [5, 5.41) is 8.36. The maximum Gasteiger partial charge on any atom is 0.155 e. The molecule has 173 valence electrons. The van der Waals surface area contributed by atoms with E-state index in [2.05, 4.69) is 82.3 Å². The summed E-state index contributed by atoms with van der Waals surface area (Å²) in [6.07, 6.45) is 1.17. The van der Waals surface area contributed by atoms with Gasteiger partial charge in [-0.3, -0.25) is 9.78 Å². The van der Waals surface area contributed by atoms with Crippen LogP contribution in [0.3, 0.4) is 0 Å². The van der Waals surface area contributed by atoms with E-state index in [0.717, 1.165) is 22.3 Å². The van der Waals surface area contributed by atoms with Gasteiger partial charge in [0.1, 0.15) is 0 Å². The number of ketones is 1. The first-order valence-corrected chi connectivity index (χ1v) is 11.3. The number of rotatable bonds is 3. The predicted octanol–water partition coefficient (Wildman–Crippen LogP) is 7.70. The minimum absolute atomic E-state index is 0. The molecule has 0 aliphatic heterocycles. The molecule has 0 bridgehead atoms. The third-order valence-corrected chi connectivity index (χ3v) is 5.85. The summed E-state index contributed by atoms with van der Waals surface area (Å²) < 4.78 is 1.22. The van der Waals surface area contributed by atoms with Gasteiger partial charge in [-0.05, 0) is 51.1 Å². The number of hydrogen-bond donors (Lipinski definition) is 1. The molecule has 0 aliphatic carbocycles. The molecule has 3 nitrogen and oxygen atoms in total. The van der Waals surface area contributed by atoms with Crippen LogP contribution < -0.4 is 0 Å². The molecule has 2 heterocycles.